The maximum absolute atomic E-state index is 11.6. The fourth-order valence-corrected chi connectivity index (χ4v) is 1.71. The predicted molar refractivity (Wildman–Crippen MR) is 71.2 cm³/mol. The van der Waals surface area contributed by atoms with Crippen LogP contribution in [0.25, 0.3) is 0 Å². The van der Waals surface area contributed by atoms with E-state index in [0.29, 0.717) is 13.0 Å². The smallest absolute Gasteiger partial charge is 0.326 e. The van der Waals surface area contributed by atoms with E-state index in [1.807, 2.05) is 13.8 Å². The summed E-state index contributed by atoms with van der Waals surface area (Å²) in [6, 6.07) is -0.772. The molecule has 0 aliphatic carbocycles. The number of nitrogens with one attached hydrogen (secondary N) is 1. The van der Waals surface area contributed by atoms with Crippen molar-refractivity contribution in [2.24, 2.45) is 11.7 Å². The van der Waals surface area contributed by atoms with Crippen molar-refractivity contribution in [2.45, 2.75) is 58.4 Å². The van der Waals surface area contributed by atoms with Gasteiger partial charge >= 0.3 is 5.97 Å². The predicted octanol–water partition coefficient (Wildman–Crippen LogP) is 1.51. The summed E-state index contributed by atoms with van der Waals surface area (Å²) in [5, 5.41) is 11.6. The third-order valence-corrected chi connectivity index (χ3v) is 3.15. The van der Waals surface area contributed by atoms with Gasteiger partial charge in [0.25, 0.3) is 0 Å². The van der Waals surface area contributed by atoms with Crippen LogP contribution in [-0.4, -0.2) is 29.6 Å². The van der Waals surface area contributed by atoms with Crippen molar-refractivity contribution in [3.63, 3.8) is 0 Å². The molecule has 0 aliphatic rings. The van der Waals surface area contributed by atoms with Crippen LogP contribution in [0, 0.1) is 5.92 Å². The van der Waals surface area contributed by atoms with Gasteiger partial charge < -0.3 is 16.2 Å². The number of aliphatic carboxylic acids is 1. The summed E-state index contributed by atoms with van der Waals surface area (Å²) < 4.78 is 0. The van der Waals surface area contributed by atoms with E-state index in [1.165, 1.54) is 0 Å². The zero-order chi connectivity index (χ0) is 14.0. The second-order valence-corrected chi connectivity index (χ2v) is 4.72. The zero-order valence-electron chi connectivity index (χ0n) is 11.4. The summed E-state index contributed by atoms with van der Waals surface area (Å²) >= 11 is 0. The Morgan fingerprint density at radius 3 is 2.33 bits per heavy atom. The van der Waals surface area contributed by atoms with Gasteiger partial charge in [-0.15, -0.1) is 0 Å². The molecule has 1 amide bonds. The van der Waals surface area contributed by atoms with Gasteiger partial charge in [0.2, 0.25) is 5.91 Å². The van der Waals surface area contributed by atoms with E-state index in [-0.39, 0.29) is 11.8 Å². The van der Waals surface area contributed by atoms with Crippen molar-refractivity contribution in [1.82, 2.24) is 5.32 Å². The van der Waals surface area contributed by atoms with Crippen molar-refractivity contribution in [1.29, 1.82) is 0 Å². The molecule has 0 spiro atoms. The first kappa shape index (κ1) is 16.9. The third-order valence-electron chi connectivity index (χ3n) is 3.15. The summed E-state index contributed by atoms with van der Waals surface area (Å²) in [7, 11) is 0. The minimum atomic E-state index is -0.958. The molecule has 2 unspecified atom stereocenters. The van der Waals surface area contributed by atoms with Crippen LogP contribution in [-0.2, 0) is 9.59 Å². The quantitative estimate of drug-likeness (QED) is 0.518. The highest BCUT2D eigenvalue weighted by Crippen LogP contribution is 2.09. The molecule has 0 rings (SSSR count). The van der Waals surface area contributed by atoms with Gasteiger partial charge in [0.15, 0.2) is 0 Å². The molecule has 4 N–H and O–H groups in total. The van der Waals surface area contributed by atoms with Crippen LogP contribution in [0.15, 0.2) is 0 Å². The number of hydrogen-bond acceptors (Lipinski definition) is 3. The normalized spacial score (nSPS) is 13.9. The zero-order valence-corrected chi connectivity index (χ0v) is 11.4. The summed E-state index contributed by atoms with van der Waals surface area (Å²) in [4.78, 5) is 22.6. The Morgan fingerprint density at radius 1 is 1.22 bits per heavy atom. The fraction of sp³-hybridized carbons (Fsp3) is 0.846. The Balaban J connectivity index is 3.92. The van der Waals surface area contributed by atoms with Gasteiger partial charge in [0.05, 0.1) is 0 Å². The molecule has 2 atom stereocenters. The number of carboxylic acids is 1. The molecule has 0 saturated carbocycles. The van der Waals surface area contributed by atoms with E-state index in [2.05, 4.69) is 5.32 Å². The number of hydrogen-bond donors (Lipinski definition) is 3. The second-order valence-electron chi connectivity index (χ2n) is 4.72. The second kappa shape index (κ2) is 9.88. The molecule has 5 nitrogen and oxygen atoms in total. The van der Waals surface area contributed by atoms with Crippen molar-refractivity contribution >= 4 is 11.9 Å². The highest BCUT2D eigenvalue weighted by molar-refractivity contribution is 5.83. The molecular formula is C13H26N2O3. The standard InChI is InChI=1S/C13H26N2O3/c1-3-10(2)12(13(17)18)15-11(16)8-6-4-5-7-9-14/h10,12H,3-9,14H2,1-2H3,(H,15,16)(H,17,18). The highest BCUT2D eigenvalue weighted by Gasteiger charge is 2.24. The minimum absolute atomic E-state index is 0.0521. The lowest BCUT2D eigenvalue weighted by Gasteiger charge is -2.20. The lowest BCUT2D eigenvalue weighted by molar-refractivity contribution is -0.143. The molecule has 0 radical (unpaired) electrons. The lowest BCUT2D eigenvalue weighted by atomic mass is 9.99. The van der Waals surface area contributed by atoms with Gasteiger partial charge in [-0.1, -0.05) is 33.1 Å². The average molecular weight is 258 g/mol. The maximum atomic E-state index is 11.6. The molecule has 0 aromatic carbocycles. The van der Waals surface area contributed by atoms with Crippen molar-refractivity contribution < 1.29 is 14.7 Å². The molecular weight excluding hydrogens is 232 g/mol. The van der Waals surface area contributed by atoms with E-state index in [9.17, 15) is 9.59 Å². The van der Waals surface area contributed by atoms with Crippen molar-refractivity contribution in [3.05, 3.63) is 0 Å². The number of amides is 1. The Morgan fingerprint density at radius 2 is 1.83 bits per heavy atom. The molecule has 18 heavy (non-hydrogen) atoms. The molecule has 0 heterocycles. The van der Waals surface area contributed by atoms with Gasteiger partial charge in [-0.2, -0.15) is 0 Å². The first-order valence-corrected chi connectivity index (χ1v) is 6.75. The molecule has 0 fully saturated rings. The Hall–Kier alpha value is -1.10. The van der Waals surface area contributed by atoms with Crippen LogP contribution in [0.1, 0.15) is 52.4 Å². The van der Waals surface area contributed by atoms with Crippen LogP contribution in [0.5, 0.6) is 0 Å². The molecule has 5 heteroatoms. The molecule has 0 aromatic rings. The van der Waals surface area contributed by atoms with Crippen molar-refractivity contribution in [2.75, 3.05) is 6.54 Å². The van der Waals surface area contributed by atoms with E-state index in [0.717, 1.165) is 32.1 Å². The molecule has 0 bridgehead atoms. The van der Waals surface area contributed by atoms with Crippen LogP contribution < -0.4 is 11.1 Å². The summed E-state index contributed by atoms with van der Waals surface area (Å²) in [5.74, 6) is -1.18. The number of carbonyl (C=O) groups excluding carboxylic acids is 1. The van der Waals surface area contributed by atoms with Crippen LogP contribution in [0.4, 0.5) is 0 Å². The number of carboxylic acid groups (broad SMARTS) is 1. The van der Waals surface area contributed by atoms with Crippen LogP contribution in [0.3, 0.4) is 0 Å². The van der Waals surface area contributed by atoms with Gasteiger partial charge in [0, 0.05) is 6.42 Å². The fourth-order valence-electron chi connectivity index (χ4n) is 1.71. The topological polar surface area (TPSA) is 92.4 Å². The lowest BCUT2D eigenvalue weighted by Crippen LogP contribution is -2.44. The van der Waals surface area contributed by atoms with E-state index >= 15 is 0 Å². The van der Waals surface area contributed by atoms with E-state index < -0.39 is 12.0 Å². The van der Waals surface area contributed by atoms with Crippen molar-refractivity contribution in [3.8, 4) is 0 Å². The van der Waals surface area contributed by atoms with Gasteiger partial charge in [-0.25, -0.2) is 4.79 Å². The Bertz CT molecular complexity index is 257. The van der Waals surface area contributed by atoms with Gasteiger partial charge in [-0.3, -0.25) is 4.79 Å². The number of unbranched alkanes of at least 4 members (excludes halogenated alkanes) is 3. The van der Waals surface area contributed by atoms with Gasteiger partial charge in [-0.05, 0) is 25.3 Å². The maximum Gasteiger partial charge on any atom is 0.326 e. The average Bonchev–Trinajstić information content (AvgIpc) is 2.34. The molecule has 0 saturated heterocycles. The molecule has 0 aliphatic heterocycles. The van der Waals surface area contributed by atoms with Crippen LogP contribution in [0.2, 0.25) is 0 Å². The third kappa shape index (κ3) is 7.27. The highest BCUT2D eigenvalue weighted by atomic mass is 16.4. The van der Waals surface area contributed by atoms with E-state index in [1.54, 1.807) is 0 Å². The SMILES string of the molecule is CCC(C)C(NC(=O)CCCCCCN)C(=O)O. The minimum Gasteiger partial charge on any atom is -0.480 e. The monoisotopic (exact) mass is 258 g/mol. The summed E-state index contributed by atoms with van der Waals surface area (Å²) in [6.45, 7) is 4.43. The largest absolute Gasteiger partial charge is 0.480 e. The van der Waals surface area contributed by atoms with E-state index in [4.69, 9.17) is 10.8 Å². The molecule has 106 valence electrons. The number of nitrogens with two attached hydrogens (primary N) is 1. The molecule has 0 aromatic heterocycles. The van der Waals surface area contributed by atoms with Gasteiger partial charge in [0.1, 0.15) is 6.04 Å². The number of carbonyl (C=O) groups is 2. The first-order chi connectivity index (χ1) is 8.52. The summed E-state index contributed by atoms with van der Waals surface area (Å²) in [5.41, 5.74) is 5.37. The Kier molecular flexibility index (Phi) is 9.28. The summed E-state index contributed by atoms with van der Waals surface area (Å²) in [6.07, 6.45) is 4.88. The Labute approximate surface area is 109 Å². The van der Waals surface area contributed by atoms with Crippen LogP contribution >= 0.6 is 0 Å². The number of rotatable bonds is 10. The first-order valence-electron chi connectivity index (χ1n) is 6.75.